The molecule has 1 aromatic rings. The maximum atomic E-state index is 4.10. The van der Waals surface area contributed by atoms with E-state index in [0.29, 0.717) is 0 Å². The number of pyridine rings is 1. The highest BCUT2D eigenvalue weighted by Crippen LogP contribution is 2.00. The lowest BCUT2D eigenvalue weighted by Crippen LogP contribution is -1.83. The fraction of sp³-hybridized carbons (Fsp3) is 0.250. The van der Waals surface area contributed by atoms with Gasteiger partial charge in [0.05, 0.1) is 0 Å². The maximum absolute atomic E-state index is 4.10. The normalized spacial score (nSPS) is 9.56. The summed E-state index contributed by atoms with van der Waals surface area (Å²) in [6.07, 6.45) is 3.82. The second kappa shape index (κ2) is 2.62. The lowest BCUT2D eigenvalue weighted by molar-refractivity contribution is 1.18. The summed E-state index contributed by atoms with van der Waals surface area (Å²) in [6.45, 7) is 4.05. The lowest BCUT2D eigenvalue weighted by atomic mass is 10.2. The van der Waals surface area contributed by atoms with Gasteiger partial charge in [-0.05, 0) is 24.6 Å². The van der Waals surface area contributed by atoms with Crippen LogP contribution in [0.2, 0.25) is 0 Å². The number of hydrogen-bond donors (Lipinski definition) is 0. The minimum Gasteiger partial charge on any atom is -0.261 e. The third-order valence-corrected chi connectivity index (χ3v) is 1.23. The van der Waals surface area contributed by atoms with E-state index in [9.17, 15) is 0 Å². The zero-order valence-corrected chi connectivity index (χ0v) is 5.76. The van der Waals surface area contributed by atoms with Gasteiger partial charge in [0.1, 0.15) is 0 Å². The van der Waals surface area contributed by atoms with Crippen molar-refractivity contribution < 1.29 is 0 Å². The average molecular weight is 120 g/mol. The Morgan fingerprint density at radius 1 is 1.56 bits per heavy atom. The van der Waals surface area contributed by atoms with Gasteiger partial charge in [-0.25, -0.2) is 0 Å². The largest absolute Gasteiger partial charge is 0.261 e. The standard InChI is InChI=1S/C8H10N/c1-3-8-6-7(2)4-5-9-8/h3-6H,1-2H3. The third kappa shape index (κ3) is 1.53. The second-order valence-electron chi connectivity index (χ2n) is 2.05. The summed E-state index contributed by atoms with van der Waals surface area (Å²) in [5.74, 6) is 0. The van der Waals surface area contributed by atoms with Gasteiger partial charge in [0.2, 0.25) is 0 Å². The Bertz CT molecular complexity index is 194. The molecule has 0 aromatic carbocycles. The molecule has 0 saturated carbocycles. The Hall–Kier alpha value is -0.850. The molecule has 0 aliphatic rings. The molecular weight excluding hydrogens is 110 g/mol. The molecule has 0 spiro atoms. The van der Waals surface area contributed by atoms with E-state index in [-0.39, 0.29) is 0 Å². The minimum atomic E-state index is 1.05. The van der Waals surface area contributed by atoms with E-state index in [1.807, 2.05) is 25.6 Å². The molecular formula is C8H10N. The quantitative estimate of drug-likeness (QED) is 0.552. The van der Waals surface area contributed by atoms with Crippen LogP contribution in [0.3, 0.4) is 0 Å². The molecule has 1 nitrogen and oxygen atoms in total. The second-order valence-corrected chi connectivity index (χ2v) is 2.05. The number of hydrogen-bond acceptors (Lipinski definition) is 1. The molecule has 0 aliphatic heterocycles. The van der Waals surface area contributed by atoms with Gasteiger partial charge in [0.15, 0.2) is 0 Å². The van der Waals surface area contributed by atoms with Crippen LogP contribution in [-0.2, 0) is 0 Å². The fourth-order valence-corrected chi connectivity index (χ4v) is 0.717. The monoisotopic (exact) mass is 120 g/mol. The Kier molecular flexibility index (Phi) is 1.83. The van der Waals surface area contributed by atoms with Crippen LogP contribution in [-0.4, -0.2) is 4.98 Å². The van der Waals surface area contributed by atoms with Crippen LogP contribution in [0.1, 0.15) is 18.2 Å². The molecule has 9 heavy (non-hydrogen) atoms. The van der Waals surface area contributed by atoms with Gasteiger partial charge in [-0.2, -0.15) is 0 Å². The topological polar surface area (TPSA) is 12.9 Å². The predicted octanol–water partition coefficient (Wildman–Crippen LogP) is 1.96. The summed E-state index contributed by atoms with van der Waals surface area (Å²) in [5, 5.41) is 0. The van der Waals surface area contributed by atoms with Crippen LogP contribution in [0, 0.1) is 13.3 Å². The van der Waals surface area contributed by atoms with Crippen molar-refractivity contribution >= 4 is 0 Å². The van der Waals surface area contributed by atoms with E-state index < -0.39 is 0 Å². The summed E-state index contributed by atoms with van der Waals surface area (Å²) in [6, 6.07) is 4.05. The van der Waals surface area contributed by atoms with Crippen LogP contribution < -0.4 is 0 Å². The van der Waals surface area contributed by atoms with Crippen LogP contribution in [0.5, 0.6) is 0 Å². The zero-order chi connectivity index (χ0) is 6.69. The highest BCUT2D eigenvalue weighted by Gasteiger charge is 1.87. The lowest BCUT2D eigenvalue weighted by Gasteiger charge is -1.93. The SMILES string of the molecule is C[CH]c1cc(C)ccn1. The van der Waals surface area contributed by atoms with Crippen molar-refractivity contribution in [1.82, 2.24) is 4.98 Å². The van der Waals surface area contributed by atoms with E-state index in [0.717, 1.165) is 5.69 Å². The Morgan fingerprint density at radius 2 is 2.33 bits per heavy atom. The average Bonchev–Trinajstić information content (AvgIpc) is 1.88. The number of nitrogens with zero attached hydrogens (tertiary/aromatic N) is 1. The molecule has 1 radical (unpaired) electrons. The van der Waals surface area contributed by atoms with E-state index in [4.69, 9.17) is 0 Å². The molecule has 0 N–H and O–H groups in total. The molecule has 0 bridgehead atoms. The summed E-state index contributed by atoms with van der Waals surface area (Å²) in [7, 11) is 0. The first-order chi connectivity index (χ1) is 4.33. The van der Waals surface area contributed by atoms with Gasteiger partial charge in [0.25, 0.3) is 0 Å². The predicted molar refractivity (Wildman–Crippen MR) is 38.1 cm³/mol. The van der Waals surface area contributed by atoms with E-state index >= 15 is 0 Å². The molecule has 1 heterocycles. The first-order valence-corrected chi connectivity index (χ1v) is 3.05. The van der Waals surface area contributed by atoms with Crippen molar-refractivity contribution in [2.45, 2.75) is 13.8 Å². The Morgan fingerprint density at radius 3 is 2.78 bits per heavy atom. The van der Waals surface area contributed by atoms with Crippen molar-refractivity contribution in [2.24, 2.45) is 0 Å². The first kappa shape index (κ1) is 6.27. The summed E-state index contributed by atoms with van der Waals surface area (Å²) >= 11 is 0. The number of aryl methyl sites for hydroxylation is 1. The smallest absolute Gasteiger partial charge is 0.0440 e. The van der Waals surface area contributed by atoms with E-state index in [1.165, 1.54) is 5.56 Å². The van der Waals surface area contributed by atoms with Crippen LogP contribution in [0.25, 0.3) is 0 Å². The molecule has 0 atom stereocenters. The van der Waals surface area contributed by atoms with Crippen LogP contribution >= 0.6 is 0 Å². The summed E-state index contributed by atoms with van der Waals surface area (Å²) in [4.78, 5) is 4.10. The van der Waals surface area contributed by atoms with E-state index in [2.05, 4.69) is 18.0 Å². The molecule has 1 rings (SSSR count). The highest BCUT2D eigenvalue weighted by atomic mass is 14.7. The van der Waals surface area contributed by atoms with Gasteiger partial charge in [-0.15, -0.1) is 0 Å². The maximum Gasteiger partial charge on any atom is 0.0440 e. The Labute approximate surface area is 55.7 Å². The summed E-state index contributed by atoms with van der Waals surface area (Å²) in [5.41, 5.74) is 2.31. The molecule has 0 aliphatic carbocycles. The van der Waals surface area contributed by atoms with Gasteiger partial charge < -0.3 is 0 Å². The third-order valence-electron chi connectivity index (χ3n) is 1.23. The van der Waals surface area contributed by atoms with Crippen molar-refractivity contribution in [1.29, 1.82) is 0 Å². The van der Waals surface area contributed by atoms with E-state index in [1.54, 1.807) is 0 Å². The first-order valence-electron chi connectivity index (χ1n) is 3.05. The fourth-order valence-electron chi connectivity index (χ4n) is 0.717. The summed E-state index contributed by atoms with van der Waals surface area (Å²) < 4.78 is 0. The molecule has 0 fully saturated rings. The molecule has 1 aromatic heterocycles. The van der Waals surface area contributed by atoms with Gasteiger partial charge in [0, 0.05) is 18.3 Å². The van der Waals surface area contributed by atoms with Crippen molar-refractivity contribution in [3.8, 4) is 0 Å². The zero-order valence-electron chi connectivity index (χ0n) is 5.76. The van der Waals surface area contributed by atoms with Crippen LogP contribution in [0.15, 0.2) is 18.3 Å². The number of rotatable bonds is 1. The Balaban J connectivity index is 2.94. The molecule has 0 unspecified atom stereocenters. The highest BCUT2D eigenvalue weighted by molar-refractivity contribution is 5.18. The van der Waals surface area contributed by atoms with Crippen molar-refractivity contribution in [3.63, 3.8) is 0 Å². The van der Waals surface area contributed by atoms with Gasteiger partial charge >= 0.3 is 0 Å². The minimum absolute atomic E-state index is 1.05. The van der Waals surface area contributed by atoms with Gasteiger partial charge in [-0.3, -0.25) is 4.98 Å². The van der Waals surface area contributed by atoms with Crippen molar-refractivity contribution in [2.75, 3.05) is 0 Å². The number of aromatic nitrogens is 1. The molecule has 1 heteroatoms. The van der Waals surface area contributed by atoms with Crippen molar-refractivity contribution in [3.05, 3.63) is 36.0 Å². The molecule has 47 valence electrons. The molecule has 0 amide bonds. The van der Waals surface area contributed by atoms with Crippen LogP contribution in [0.4, 0.5) is 0 Å². The van der Waals surface area contributed by atoms with Gasteiger partial charge in [-0.1, -0.05) is 6.92 Å². The molecule has 0 saturated heterocycles.